The molecule has 1 aromatic heterocycles. The maximum absolute atomic E-state index is 12.6. The summed E-state index contributed by atoms with van der Waals surface area (Å²) in [5, 5.41) is 3.81. The van der Waals surface area contributed by atoms with E-state index in [0.29, 0.717) is 0 Å². The molecule has 0 spiro atoms. The normalized spacial score (nSPS) is 18.0. The molecule has 1 aliphatic carbocycles. The number of piperazine rings is 1. The van der Waals surface area contributed by atoms with E-state index in [1.165, 1.54) is 35.4 Å². The number of thiazole rings is 1. The van der Waals surface area contributed by atoms with E-state index in [9.17, 15) is 4.79 Å². The molecular weight excluding hydrogens is 356 g/mol. The number of nitrogens with zero attached hydrogens (tertiary/aromatic N) is 3. The van der Waals surface area contributed by atoms with E-state index in [0.717, 1.165) is 57.1 Å². The first-order valence-electron chi connectivity index (χ1n) is 10.1. The molecule has 1 aliphatic heterocycles. The molecule has 0 bridgehead atoms. The van der Waals surface area contributed by atoms with E-state index in [4.69, 9.17) is 0 Å². The van der Waals surface area contributed by atoms with Gasteiger partial charge >= 0.3 is 6.03 Å². The van der Waals surface area contributed by atoms with Crippen molar-refractivity contribution in [2.75, 3.05) is 38.0 Å². The predicted molar refractivity (Wildman–Crippen MR) is 111 cm³/mol. The van der Waals surface area contributed by atoms with Crippen LogP contribution < -0.4 is 5.32 Å². The monoisotopic (exact) mass is 384 g/mol. The number of rotatable bonds is 4. The van der Waals surface area contributed by atoms with Gasteiger partial charge in [-0.25, -0.2) is 9.78 Å². The molecule has 1 N–H and O–H groups in total. The second-order valence-electron chi connectivity index (χ2n) is 7.44. The first kappa shape index (κ1) is 18.4. The van der Waals surface area contributed by atoms with Gasteiger partial charge in [-0.2, -0.15) is 0 Å². The first-order valence-corrected chi connectivity index (χ1v) is 10.9. The van der Waals surface area contributed by atoms with Gasteiger partial charge in [0.1, 0.15) is 0 Å². The molecule has 2 heterocycles. The molecule has 1 fully saturated rings. The summed E-state index contributed by atoms with van der Waals surface area (Å²) in [6.45, 7) is 4.50. The number of anilines is 1. The molecule has 1 aromatic carbocycles. The van der Waals surface area contributed by atoms with Gasteiger partial charge in [0.2, 0.25) is 0 Å². The Hall–Kier alpha value is -1.92. The quantitative estimate of drug-likeness (QED) is 0.816. The van der Waals surface area contributed by atoms with Crippen LogP contribution in [0.2, 0.25) is 0 Å². The lowest BCUT2D eigenvalue weighted by Gasteiger charge is -2.34. The summed E-state index contributed by atoms with van der Waals surface area (Å²) in [5.74, 6) is 0. The number of carbonyl (C=O) groups excluding carboxylic acids is 1. The molecule has 144 valence electrons. The number of nitrogens with one attached hydrogen (secondary N) is 1. The van der Waals surface area contributed by atoms with Gasteiger partial charge in [0.25, 0.3) is 0 Å². The van der Waals surface area contributed by atoms with Crippen LogP contribution >= 0.6 is 11.3 Å². The second kappa shape index (κ2) is 8.85. The van der Waals surface area contributed by atoms with E-state index in [-0.39, 0.29) is 6.03 Å². The Morgan fingerprint density at radius 3 is 2.63 bits per heavy atom. The molecule has 5 nitrogen and oxygen atoms in total. The largest absolute Gasteiger partial charge is 0.323 e. The predicted octanol–water partition coefficient (Wildman–Crippen LogP) is 3.80. The smallest absolute Gasteiger partial charge is 0.322 e. The maximum atomic E-state index is 12.6. The van der Waals surface area contributed by atoms with Gasteiger partial charge < -0.3 is 4.90 Å². The van der Waals surface area contributed by atoms with Crippen LogP contribution in [0.4, 0.5) is 9.93 Å². The Morgan fingerprint density at radius 2 is 1.81 bits per heavy atom. The highest BCUT2D eigenvalue weighted by atomic mass is 32.1. The number of aryl methyl sites for hydroxylation is 2. The third-order valence-electron chi connectivity index (χ3n) is 5.53. The fraction of sp³-hybridized carbons (Fsp3) is 0.524. The van der Waals surface area contributed by atoms with Gasteiger partial charge in [-0.1, -0.05) is 36.8 Å². The van der Waals surface area contributed by atoms with Crippen LogP contribution in [0.25, 0.3) is 0 Å². The number of carbonyl (C=O) groups is 1. The SMILES string of the molecule is O=C(Nc1nc2c(s1)CCCCC2)N1CCN(CCc2ccccc2)CC1. The standard InChI is InChI=1S/C21H28N4OS/c26-21(23-20-22-18-9-5-2-6-10-19(18)27-20)25-15-13-24(14-16-25)12-11-17-7-3-1-4-8-17/h1,3-4,7-8H,2,5-6,9-16H2,(H,22,23,26). The summed E-state index contributed by atoms with van der Waals surface area (Å²) >= 11 is 1.67. The van der Waals surface area contributed by atoms with Crippen molar-refractivity contribution >= 4 is 22.5 Å². The van der Waals surface area contributed by atoms with Gasteiger partial charge in [-0.05, 0) is 37.7 Å². The van der Waals surface area contributed by atoms with Crippen LogP contribution in [0.1, 0.15) is 35.4 Å². The van der Waals surface area contributed by atoms with Crippen LogP contribution in [-0.4, -0.2) is 53.5 Å². The molecule has 0 atom stereocenters. The van der Waals surface area contributed by atoms with E-state index in [1.54, 1.807) is 11.3 Å². The molecule has 2 aliphatic rings. The molecular formula is C21H28N4OS. The molecule has 0 saturated carbocycles. The van der Waals surface area contributed by atoms with Crippen molar-refractivity contribution in [2.24, 2.45) is 0 Å². The van der Waals surface area contributed by atoms with Crippen LogP contribution in [-0.2, 0) is 19.3 Å². The minimum atomic E-state index is 0.00150. The lowest BCUT2D eigenvalue weighted by Crippen LogP contribution is -2.50. The molecule has 1 saturated heterocycles. The number of amides is 2. The van der Waals surface area contributed by atoms with Gasteiger partial charge in [0.15, 0.2) is 5.13 Å². The van der Waals surface area contributed by atoms with Gasteiger partial charge in [0, 0.05) is 37.6 Å². The molecule has 0 radical (unpaired) electrons. The summed E-state index contributed by atoms with van der Waals surface area (Å²) in [7, 11) is 0. The number of hydrogen-bond donors (Lipinski definition) is 1. The molecule has 0 unspecified atom stereocenters. The van der Waals surface area contributed by atoms with Crippen LogP contribution in [0.3, 0.4) is 0 Å². The van der Waals surface area contributed by atoms with E-state index in [1.807, 2.05) is 4.90 Å². The van der Waals surface area contributed by atoms with Gasteiger partial charge in [-0.15, -0.1) is 11.3 Å². The number of benzene rings is 1. The summed E-state index contributed by atoms with van der Waals surface area (Å²) in [6, 6.07) is 10.6. The number of hydrogen-bond acceptors (Lipinski definition) is 4. The van der Waals surface area contributed by atoms with Crippen molar-refractivity contribution in [3.8, 4) is 0 Å². The Bertz CT molecular complexity index is 729. The van der Waals surface area contributed by atoms with Crippen molar-refractivity contribution in [3.63, 3.8) is 0 Å². The van der Waals surface area contributed by atoms with Gasteiger partial charge in [-0.3, -0.25) is 10.2 Å². The number of fused-ring (bicyclic) bond motifs is 1. The van der Waals surface area contributed by atoms with Crippen molar-refractivity contribution in [2.45, 2.75) is 38.5 Å². The topological polar surface area (TPSA) is 48.5 Å². The highest BCUT2D eigenvalue weighted by Gasteiger charge is 2.22. The fourth-order valence-electron chi connectivity index (χ4n) is 3.86. The molecule has 6 heteroatoms. The average Bonchev–Trinajstić information content (AvgIpc) is 2.95. The van der Waals surface area contributed by atoms with Gasteiger partial charge in [0.05, 0.1) is 5.69 Å². The zero-order valence-electron chi connectivity index (χ0n) is 15.8. The molecule has 2 aromatic rings. The Kier molecular flexibility index (Phi) is 6.04. The Labute approximate surface area is 165 Å². The van der Waals surface area contributed by atoms with Crippen LogP contribution in [0.15, 0.2) is 30.3 Å². The highest BCUT2D eigenvalue weighted by Crippen LogP contribution is 2.29. The maximum Gasteiger partial charge on any atom is 0.323 e. The Morgan fingerprint density at radius 1 is 1.04 bits per heavy atom. The molecule has 27 heavy (non-hydrogen) atoms. The summed E-state index contributed by atoms with van der Waals surface area (Å²) in [6.07, 6.45) is 6.99. The van der Waals surface area contributed by atoms with E-state index >= 15 is 0 Å². The van der Waals surface area contributed by atoms with Crippen LogP contribution in [0, 0.1) is 0 Å². The third kappa shape index (κ3) is 4.87. The lowest BCUT2D eigenvalue weighted by molar-refractivity contribution is 0.148. The highest BCUT2D eigenvalue weighted by molar-refractivity contribution is 7.15. The average molecular weight is 385 g/mol. The first-order chi connectivity index (χ1) is 13.3. The van der Waals surface area contributed by atoms with E-state index in [2.05, 4.69) is 45.5 Å². The Balaban J connectivity index is 1.24. The van der Waals surface area contributed by atoms with Crippen LogP contribution in [0.5, 0.6) is 0 Å². The van der Waals surface area contributed by atoms with Crippen molar-refractivity contribution in [1.82, 2.24) is 14.8 Å². The number of aromatic nitrogens is 1. The summed E-state index contributed by atoms with van der Waals surface area (Å²) in [4.78, 5) is 23.0. The lowest BCUT2D eigenvalue weighted by atomic mass is 10.1. The molecule has 4 rings (SSSR count). The zero-order chi connectivity index (χ0) is 18.5. The van der Waals surface area contributed by atoms with Crippen molar-refractivity contribution in [1.29, 1.82) is 0 Å². The fourth-order valence-corrected chi connectivity index (χ4v) is 4.90. The zero-order valence-corrected chi connectivity index (χ0v) is 16.6. The minimum absolute atomic E-state index is 0.00150. The second-order valence-corrected chi connectivity index (χ2v) is 8.53. The van der Waals surface area contributed by atoms with Crippen molar-refractivity contribution < 1.29 is 4.79 Å². The number of urea groups is 1. The summed E-state index contributed by atoms with van der Waals surface area (Å²) < 4.78 is 0. The summed E-state index contributed by atoms with van der Waals surface area (Å²) in [5.41, 5.74) is 2.58. The third-order valence-corrected chi connectivity index (χ3v) is 6.60. The van der Waals surface area contributed by atoms with E-state index < -0.39 is 0 Å². The van der Waals surface area contributed by atoms with Crippen molar-refractivity contribution in [3.05, 3.63) is 46.5 Å². The molecule has 2 amide bonds. The minimum Gasteiger partial charge on any atom is -0.322 e.